The van der Waals surface area contributed by atoms with Gasteiger partial charge >= 0.3 is 5.97 Å². The van der Waals surface area contributed by atoms with Crippen LogP contribution in [0.2, 0.25) is 0 Å². The van der Waals surface area contributed by atoms with E-state index in [-0.39, 0.29) is 11.8 Å². The number of allylic oxidation sites excluding steroid dienone is 1. The standard InChI is InChI=1S/C8H10O3/c1-2-11-8(10)6-3-4-7(9)5-6/h5H,2-4H2,1H3. The lowest BCUT2D eigenvalue weighted by molar-refractivity contribution is -0.138. The maximum absolute atomic E-state index is 10.9. The van der Waals surface area contributed by atoms with Gasteiger partial charge in [0.1, 0.15) is 0 Å². The zero-order chi connectivity index (χ0) is 8.27. The van der Waals surface area contributed by atoms with E-state index in [9.17, 15) is 9.59 Å². The molecule has 0 heterocycles. The Hall–Kier alpha value is -1.12. The molecule has 3 nitrogen and oxygen atoms in total. The molecule has 0 bridgehead atoms. The fourth-order valence-electron chi connectivity index (χ4n) is 0.981. The van der Waals surface area contributed by atoms with Crippen LogP contribution in [-0.2, 0) is 14.3 Å². The Morgan fingerprint density at radius 2 is 2.36 bits per heavy atom. The number of ketones is 1. The van der Waals surface area contributed by atoms with E-state index in [1.54, 1.807) is 6.92 Å². The van der Waals surface area contributed by atoms with Crippen LogP contribution in [-0.4, -0.2) is 18.4 Å². The van der Waals surface area contributed by atoms with Gasteiger partial charge in [0, 0.05) is 12.0 Å². The quantitative estimate of drug-likeness (QED) is 0.553. The molecule has 0 fully saturated rings. The average Bonchev–Trinajstić information content (AvgIpc) is 2.36. The number of hydrogen-bond donors (Lipinski definition) is 0. The minimum Gasteiger partial charge on any atom is -0.463 e. The van der Waals surface area contributed by atoms with Gasteiger partial charge in [-0.25, -0.2) is 4.79 Å². The molecule has 0 aromatic rings. The van der Waals surface area contributed by atoms with Crippen LogP contribution in [0.1, 0.15) is 19.8 Å². The Morgan fingerprint density at radius 3 is 2.82 bits per heavy atom. The molecule has 1 aliphatic rings. The van der Waals surface area contributed by atoms with Crippen molar-refractivity contribution in [1.82, 2.24) is 0 Å². The van der Waals surface area contributed by atoms with Gasteiger partial charge in [-0.1, -0.05) is 0 Å². The van der Waals surface area contributed by atoms with E-state index in [0.29, 0.717) is 25.0 Å². The molecule has 0 saturated carbocycles. The summed E-state index contributed by atoms with van der Waals surface area (Å²) < 4.78 is 4.71. The summed E-state index contributed by atoms with van der Waals surface area (Å²) in [7, 11) is 0. The molecule has 60 valence electrons. The number of rotatable bonds is 2. The van der Waals surface area contributed by atoms with Gasteiger partial charge in [-0.2, -0.15) is 0 Å². The Kier molecular flexibility index (Phi) is 2.41. The second-order valence-corrected chi connectivity index (χ2v) is 2.36. The molecule has 0 amide bonds. The average molecular weight is 154 g/mol. The highest BCUT2D eigenvalue weighted by Gasteiger charge is 2.18. The largest absolute Gasteiger partial charge is 0.463 e. The molecule has 0 aromatic heterocycles. The fourth-order valence-corrected chi connectivity index (χ4v) is 0.981. The molecule has 0 aromatic carbocycles. The van der Waals surface area contributed by atoms with E-state index in [1.807, 2.05) is 0 Å². The van der Waals surface area contributed by atoms with Crippen molar-refractivity contribution in [2.75, 3.05) is 6.61 Å². The molecular weight excluding hydrogens is 144 g/mol. The fraction of sp³-hybridized carbons (Fsp3) is 0.500. The smallest absolute Gasteiger partial charge is 0.334 e. The maximum atomic E-state index is 10.9. The first-order valence-corrected chi connectivity index (χ1v) is 3.64. The van der Waals surface area contributed by atoms with Crippen LogP contribution in [0.3, 0.4) is 0 Å². The lowest BCUT2D eigenvalue weighted by atomic mass is 10.2. The first kappa shape index (κ1) is 7.98. The second-order valence-electron chi connectivity index (χ2n) is 2.36. The van der Waals surface area contributed by atoms with Gasteiger partial charge in [-0.15, -0.1) is 0 Å². The van der Waals surface area contributed by atoms with Crippen molar-refractivity contribution in [3.8, 4) is 0 Å². The zero-order valence-electron chi connectivity index (χ0n) is 6.42. The SMILES string of the molecule is CCOC(=O)C1=CC(=O)CC1. The van der Waals surface area contributed by atoms with Gasteiger partial charge in [-0.3, -0.25) is 4.79 Å². The summed E-state index contributed by atoms with van der Waals surface area (Å²) >= 11 is 0. The van der Waals surface area contributed by atoms with Gasteiger partial charge in [-0.05, 0) is 19.4 Å². The lowest BCUT2D eigenvalue weighted by Gasteiger charge is -1.99. The summed E-state index contributed by atoms with van der Waals surface area (Å²) in [6.07, 6.45) is 2.36. The molecule has 1 rings (SSSR count). The van der Waals surface area contributed by atoms with Gasteiger partial charge in [0.2, 0.25) is 0 Å². The summed E-state index contributed by atoms with van der Waals surface area (Å²) in [5.41, 5.74) is 0.511. The monoisotopic (exact) mass is 154 g/mol. The summed E-state index contributed by atoms with van der Waals surface area (Å²) in [5.74, 6) is -0.327. The Labute approximate surface area is 65.0 Å². The van der Waals surface area contributed by atoms with E-state index in [0.717, 1.165) is 0 Å². The number of ether oxygens (including phenoxy) is 1. The predicted molar refractivity (Wildman–Crippen MR) is 39.0 cm³/mol. The third kappa shape index (κ3) is 1.90. The molecule has 1 aliphatic carbocycles. The predicted octanol–water partition coefficient (Wildman–Crippen LogP) is 0.839. The highest BCUT2D eigenvalue weighted by molar-refractivity contribution is 6.03. The van der Waals surface area contributed by atoms with Crippen molar-refractivity contribution in [2.45, 2.75) is 19.8 Å². The van der Waals surface area contributed by atoms with Crippen LogP contribution in [0.15, 0.2) is 11.6 Å². The normalized spacial score (nSPS) is 16.5. The van der Waals surface area contributed by atoms with E-state index >= 15 is 0 Å². The van der Waals surface area contributed by atoms with Crippen LogP contribution < -0.4 is 0 Å². The van der Waals surface area contributed by atoms with E-state index in [1.165, 1.54) is 6.08 Å². The van der Waals surface area contributed by atoms with Crippen LogP contribution >= 0.6 is 0 Å². The van der Waals surface area contributed by atoms with Gasteiger partial charge in [0.05, 0.1) is 6.61 Å². The molecule has 0 saturated heterocycles. The summed E-state index contributed by atoms with van der Waals surface area (Å²) in [6, 6.07) is 0. The summed E-state index contributed by atoms with van der Waals surface area (Å²) in [4.78, 5) is 21.6. The minimum atomic E-state index is -0.349. The Bertz CT molecular complexity index is 215. The molecule has 11 heavy (non-hydrogen) atoms. The number of carbonyl (C=O) groups excluding carboxylic acids is 2. The first-order chi connectivity index (χ1) is 5.24. The van der Waals surface area contributed by atoms with Crippen LogP contribution in [0.4, 0.5) is 0 Å². The third-order valence-electron chi connectivity index (χ3n) is 1.51. The molecule has 0 N–H and O–H groups in total. The maximum Gasteiger partial charge on any atom is 0.334 e. The lowest BCUT2D eigenvalue weighted by Crippen LogP contribution is -2.05. The van der Waals surface area contributed by atoms with Crippen molar-refractivity contribution in [3.63, 3.8) is 0 Å². The van der Waals surface area contributed by atoms with Crippen LogP contribution in [0, 0.1) is 0 Å². The second kappa shape index (κ2) is 3.32. The highest BCUT2D eigenvalue weighted by Crippen LogP contribution is 2.15. The molecule has 0 aliphatic heterocycles. The molecule has 0 unspecified atom stereocenters. The number of hydrogen-bond acceptors (Lipinski definition) is 3. The van der Waals surface area contributed by atoms with Crippen molar-refractivity contribution in [1.29, 1.82) is 0 Å². The highest BCUT2D eigenvalue weighted by atomic mass is 16.5. The number of carbonyl (C=O) groups is 2. The van der Waals surface area contributed by atoms with Crippen LogP contribution in [0.25, 0.3) is 0 Å². The van der Waals surface area contributed by atoms with Crippen molar-refractivity contribution in [2.24, 2.45) is 0 Å². The molecule has 3 heteroatoms. The topological polar surface area (TPSA) is 43.4 Å². The van der Waals surface area contributed by atoms with Crippen molar-refractivity contribution >= 4 is 11.8 Å². The van der Waals surface area contributed by atoms with E-state index in [2.05, 4.69) is 0 Å². The van der Waals surface area contributed by atoms with Crippen molar-refractivity contribution < 1.29 is 14.3 Å². The van der Waals surface area contributed by atoms with Crippen molar-refractivity contribution in [3.05, 3.63) is 11.6 Å². The molecule has 0 spiro atoms. The summed E-state index contributed by atoms with van der Waals surface area (Å²) in [5, 5.41) is 0. The molecule has 0 radical (unpaired) electrons. The first-order valence-electron chi connectivity index (χ1n) is 3.64. The van der Waals surface area contributed by atoms with E-state index < -0.39 is 0 Å². The Morgan fingerprint density at radius 1 is 1.64 bits per heavy atom. The third-order valence-corrected chi connectivity index (χ3v) is 1.51. The van der Waals surface area contributed by atoms with Gasteiger partial charge in [0.15, 0.2) is 5.78 Å². The Balaban J connectivity index is 2.54. The van der Waals surface area contributed by atoms with Crippen LogP contribution in [0.5, 0.6) is 0 Å². The van der Waals surface area contributed by atoms with Gasteiger partial charge < -0.3 is 4.74 Å². The van der Waals surface area contributed by atoms with Gasteiger partial charge in [0.25, 0.3) is 0 Å². The van der Waals surface area contributed by atoms with E-state index in [4.69, 9.17) is 4.74 Å². The molecule has 0 atom stereocenters. The number of esters is 1. The molecular formula is C8H10O3. The minimum absolute atomic E-state index is 0.0213. The summed E-state index contributed by atoms with van der Waals surface area (Å²) in [6.45, 7) is 2.11. The zero-order valence-corrected chi connectivity index (χ0v) is 6.42.